The van der Waals surface area contributed by atoms with Crippen molar-refractivity contribution in [3.8, 4) is 0 Å². The predicted molar refractivity (Wildman–Crippen MR) is 154 cm³/mol. The van der Waals surface area contributed by atoms with E-state index >= 15 is 0 Å². The molecule has 0 aromatic heterocycles. The molecule has 0 aromatic carbocycles. The van der Waals surface area contributed by atoms with Gasteiger partial charge in [0.25, 0.3) is 0 Å². The number of unbranched alkanes of at least 4 members (excludes halogenated alkanes) is 15. The number of hydrogen-bond donors (Lipinski definition) is 0. The minimum absolute atomic E-state index is 0.198. The van der Waals surface area contributed by atoms with Crippen LogP contribution in [0.1, 0.15) is 143 Å². The van der Waals surface area contributed by atoms with Crippen LogP contribution >= 0.6 is 7.26 Å². The monoisotopic (exact) mass is 484 g/mol. The van der Waals surface area contributed by atoms with Crippen molar-refractivity contribution in [3.05, 3.63) is 12.2 Å². The van der Waals surface area contributed by atoms with Crippen molar-refractivity contribution < 1.29 is 9.53 Å². The summed E-state index contributed by atoms with van der Waals surface area (Å²) in [4.78, 5) is 12.0. The Morgan fingerprint density at radius 2 is 0.909 bits per heavy atom. The summed E-state index contributed by atoms with van der Waals surface area (Å²) in [5, 5.41) is 0. The summed E-state index contributed by atoms with van der Waals surface area (Å²) < 4.78 is 5.63. The third-order valence-corrected chi connectivity index (χ3v) is 12.9. The second kappa shape index (κ2) is 23.4. The fraction of sp³-hybridized carbons (Fsp3) is 0.900. The van der Waals surface area contributed by atoms with Gasteiger partial charge < -0.3 is 0 Å². The van der Waals surface area contributed by atoms with E-state index in [1.807, 2.05) is 0 Å². The molecule has 2 nitrogen and oxygen atoms in total. The molecule has 198 valence electrons. The van der Waals surface area contributed by atoms with E-state index in [0.717, 1.165) is 0 Å². The Hall–Kier alpha value is -0.360. The second-order valence-corrected chi connectivity index (χ2v) is 15.7. The molecule has 0 unspecified atom stereocenters. The number of carbonyl (C=O) groups is 1. The number of carbonyl (C=O) groups excluding carboxylic acids is 1. The van der Waals surface area contributed by atoms with E-state index in [4.69, 9.17) is 4.74 Å². The van der Waals surface area contributed by atoms with Crippen LogP contribution in [-0.4, -0.2) is 37.2 Å². The summed E-state index contributed by atoms with van der Waals surface area (Å²) >= 11 is 0. The first-order valence-electron chi connectivity index (χ1n) is 14.8. The standard InChI is InChI=1S/C30H61O2P/c1-6-9-12-15-18-21-25-33(26-22-19-16-13-10-7-2,27-23-20-17-14-11-8-3)28-24-32-30(31)29(4)5/h33H,4,6-28H2,1-3,5H3. The number of esters is 1. The molecule has 0 N–H and O–H groups in total. The van der Waals surface area contributed by atoms with Crippen molar-refractivity contribution in [1.82, 2.24) is 0 Å². The Morgan fingerprint density at radius 1 is 0.576 bits per heavy atom. The molecule has 0 rings (SSSR count). The van der Waals surface area contributed by atoms with Gasteiger partial charge in [-0.3, -0.25) is 0 Å². The van der Waals surface area contributed by atoms with Gasteiger partial charge >= 0.3 is 209 Å². The van der Waals surface area contributed by atoms with Crippen molar-refractivity contribution in [2.75, 3.05) is 31.3 Å². The van der Waals surface area contributed by atoms with Gasteiger partial charge in [-0.15, -0.1) is 0 Å². The zero-order valence-corrected chi connectivity index (χ0v) is 24.3. The molecule has 3 heteroatoms. The van der Waals surface area contributed by atoms with Crippen LogP contribution in [0.5, 0.6) is 0 Å². The first-order chi connectivity index (χ1) is 16.0. The average Bonchev–Trinajstić information content (AvgIpc) is 2.80. The van der Waals surface area contributed by atoms with E-state index in [9.17, 15) is 4.79 Å². The zero-order chi connectivity index (χ0) is 24.6. The number of rotatable bonds is 25. The molecule has 0 saturated heterocycles. The van der Waals surface area contributed by atoms with Gasteiger partial charge in [-0.2, -0.15) is 0 Å². The third kappa shape index (κ3) is 19.6. The van der Waals surface area contributed by atoms with Gasteiger partial charge in [0.05, 0.1) is 0 Å². The second-order valence-electron chi connectivity index (χ2n) is 10.7. The molecule has 0 aliphatic heterocycles. The molecule has 0 fully saturated rings. The molecule has 0 heterocycles. The van der Waals surface area contributed by atoms with E-state index in [1.54, 1.807) is 6.92 Å². The van der Waals surface area contributed by atoms with Crippen molar-refractivity contribution in [2.24, 2.45) is 0 Å². The van der Waals surface area contributed by atoms with Gasteiger partial charge in [-0.25, -0.2) is 0 Å². The summed E-state index contributed by atoms with van der Waals surface area (Å²) in [6.07, 6.45) is 30.4. The molecule has 0 saturated carbocycles. The molecule has 0 spiro atoms. The van der Waals surface area contributed by atoms with Crippen LogP contribution in [0.2, 0.25) is 0 Å². The van der Waals surface area contributed by atoms with E-state index in [0.29, 0.717) is 12.2 Å². The third-order valence-electron chi connectivity index (χ3n) is 7.40. The molecule has 0 bridgehead atoms. The van der Waals surface area contributed by atoms with Crippen LogP contribution in [0.15, 0.2) is 12.2 Å². The normalized spacial score (nSPS) is 12.1. The first kappa shape index (κ1) is 32.6. The van der Waals surface area contributed by atoms with Crippen molar-refractivity contribution in [1.29, 1.82) is 0 Å². The van der Waals surface area contributed by atoms with Crippen molar-refractivity contribution in [2.45, 2.75) is 143 Å². The Labute approximate surface area is 209 Å². The van der Waals surface area contributed by atoms with Gasteiger partial charge in [-0.1, -0.05) is 0 Å². The maximum absolute atomic E-state index is 12.0. The summed E-state index contributed by atoms with van der Waals surface area (Å²) in [5.74, 6) is -0.198. The first-order valence-corrected chi connectivity index (χ1v) is 17.7. The number of hydrogen-bond acceptors (Lipinski definition) is 2. The predicted octanol–water partition coefficient (Wildman–Crippen LogP) is 9.94. The van der Waals surface area contributed by atoms with Crippen LogP contribution < -0.4 is 0 Å². The van der Waals surface area contributed by atoms with Gasteiger partial charge in [0.1, 0.15) is 0 Å². The van der Waals surface area contributed by atoms with Crippen molar-refractivity contribution >= 4 is 13.2 Å². The fourth-order valence-electron chi connectivity index (χ4n) is 5.07. The van der Waals surface area contributed by atoms with Gasteiger partial charge in [0.15, 0.2) is 0 Å². The molecule has 33 heavy (non-hydrogen) atoms. The molecular formula is C30H61O2P. The van der Waals surface area contributed by atoms with E-state index in [-0.39, 0.29) is 5.97 Å². The Bertz CT molecular complexity index is 419. The van der Waals surface area contributed by atoms with E-state index in [1.165, 1.54) is 140 Å². The molecule has 0 radical (unpaired) electrons. The van der Waals surface area contributed by atoms with Crippen LogP contribution in [-0.2, 0) is 9.53 Å². The van der Waals surface area contributed by atoms with E-state index < -0.39 is 7.26 Å². The van der Waals surface area contributed by atoms with Crippen molar-refractivity contribution in [3.63, 3.8) is 0 Å². The average molecular weight is 485 g/mol. The SMILES string of the molecule is C=C(C)C(=O)OCC[PH](CCCCCCCC)(CCCCCCCC)CCCCCCCC. The summed E-state index contributed by atoms with van der Waals surface area (Å²) in [6.45, 7) is 13.0. The topological polar surface area (TPSA) is 26.3 Å². The molecular weight excluding hydrogens is 423 g/mol. The van der Waals surface area contributed by atoms with Crippen LogP contribution in [0, 0.1) is 0 Å². The Morgan fingerprint density at radius 3 is 1.24 bits per heavy atom. The van der Waals surface area contributed by atoms with Gasteiger partial charge in [0.2, 0.25) is 0 Å². The molecule has 0 amide bonds. The van der Waals surface area contributed by atoms with Crippen LogP contribution in [0.25, 0.3) is 0 Å². The maximum atomic E-state index is 12.0. The summed E-state index contributed by atoms with van der Waals surface area (Å²) in [6, 6.07) is 0. The van der Waals surface area contributed by atoms with E-state index in [2.05, 4.69) is 27.4 Å². The zero-order valence-electron chi connectivity index (χ0n) is 23.3. The fourth-order valence-corrected chi connectivity index (χ4v) is 10.1. The Kier molecular flexibility index (Phi) is 23.1. The van der Waals surface area contributed by atoms with Crippen LogP contribution in [0.3, 0.4) is 0 Å². The number of ether oxygens (including phenoxy) is 1. The molecule has 0 aliphatic carbocycles. The minimum atomic E-state index is -1.41. The molecule has 0 aromatic rings. The Balaban J connectivity index is 4.91. The quantitative estimate of drug-likeness (QED) is 0.0557. The van der Waals surface area contributed by atoms with Gasteiger partial charge in [-0.05, 0) is 0 Å². The molecule has 0 aliphatic rings. The van der Waals surface area contributed by atoms with Crippen LogP contribution in [0.4, 0.5) is 0 Å². The summed E-state index contributed by atoms with van der Waals surface area (Å²) in [7, 11) is -1.41. The van der Waals surface area contributed by atoms with Gasteiger partial charge in [0, 0.05) is 0 Å². The molecule has 0 atom stereocenters. The summed E-state index contributed by atoms with van der Waals surface area (Å²) in [5.41, 5.74) is 0.532.